The molecule has 106 valence electrons. The molecule has 0 saturated carbocycles. The molecule has 0 aliphatic carbocycles. The molecule has 3 N–H and O–H groups in total. The Morgan fingerprint density at radius 1 is 1.30 bits per heavy atom. The molecule has 0 radical (unpaired) electrons. The van der Waals surface area contributed by atoms with Gasteiger partial charge in [0.2, 0.25) is 0 Å². The summed E-state index contributed by atoms with van der Waals surface area (Å²) in [5.74, 6) is 0. The highest BCUT2D eigenvalue weighted by molar-refractivity contribution is 6.31. The van der Waals surface area contributed by atoms with E-state index in [9.17, 15) is 5.11 Å². The number of halogens is 1. The molecule has 20 heavy (non-hydrogen) atoms. The number of anilines is 1. The van der Waals surface area contributed by atoms with E-state index in [1.54, 1.807) is 0 Å². The van der Waals surface area contributed by atoms with Gasteiger partial charge in [-0.2, -0.15) is 0 Å². The fourth-order valence-electron chi connectivity index (χ4n) is 2.75. The molecule has 0 amide bonds. The summed E-state index contributed by atoms with van der Waals surface area (Å²) in [7, 11) is 0. The van der Waals surface area contributed by atoms with Crippen molar-refractivity contribution in [2.24, 2.45) is 5.73 Å². The Balaban J connectivity index is 1.93. The molecule has 1 fully saturated rings. The lowest BCUT2D eigenvalue weighted by atomic mass is 9.91. The van der Waals surface area contributed by atoms with E-state index in [0.717, 1.165) is 29.7 Å². The Morgan fingerprint density at radius 3 is 2.75 bits per heavy atom. The van der Waals surface area contributed by atoms with Crippen LogP contribution >= 0.6 is 11.6 Å². The van der Waals surface area contributed by atoms with Crippen LogP contribution < -0.4 is 10.6 Å². The molecule has 0 unspecified atom stereocenters. The van der Waals surface area contributed by atoms with Gasteiger partial charge in [-0.1, -0.05) is 11.6 Å². The molecule has 0 spiro atoms. The zero-order valence-corrected chi connectivity index (χ0v) is 12.0. The molecule has 0 atom stereocenters. The molecule has 1 saturated heterocycles. The van der Waals surface area contributed by atoms with Gasteiger partial charge >= 0.3 is 0 Å². The zero-order valence-electron chi connectivity index (χ0n) is 11.2. The zero-order chi connectivity index (χ0) is 14.2. The van der Waals surface area contributed by atoms with Crippen molar-refractivity contribution in [1.82, 2.24) is 4.98 Å². The molecule has 1 aliphatic rings. The average molecular weight is 292 g/mol. The van der Waals surface area contributed by atoms with Crippen molar-refractivity contribution in [2.75, 3.05) is 24.5 Å². The summed E-state index contributed by atoms with van der Waals surface area (Å²) in [5.41, 5.74) is 6.98. The minimum atomic E-state index is -0.711. The maximum Gasteiger partial charge on any atom is 0.0803 e. The summed E-state index contributed by atoms with van der Waals surface area (Å²) in [6.07, 6.45) is 3.19. The first-order valence-corrected chi connectivity index (χ1v) is 7.21. The smallest absolute Gasteiger partial charge is 0.0803 e. The van der Waals surface area contributed by atoms with Crippen LogP contribution in [-0.2, 0) is 0 Å². The topological polar surface area (TPSA) is 62.4 Å². The third kappa shape index (κ3) is 2.46. The van der Waals surface area contributed by atoms with E-state index < -0.39 is 5.60 Å². The van der Waals surface area contributed by atoms with Crippen LogP contribution in [-0.4, -0.2) is 35.3 Å². The molecule has 1 aromatic heterocycles. The molecule has 3 rings (SSSR count). The predicted molar refractivity (Wildman–Crippen MR) is 82.2 cm³/mol. The molecule has 4 nitrogen and oxygen atoms in total. The maximum absolute atomic E-state index is 10.2. The Hall–Kier alpha value is -1.36. The summed E-state index contributed by atoms with van der Waals surface area (Å²) in [5, 5.41) is 12.0. The fourth-order valence-corrected chi connectivity index (χ4v) is 2.92. The Bertz CT molecular complexity index is 624. The number of piperidine rings is 1. The predicted octanol–water partition coefficient (Wildman–Crippen LogP) is 2.18. The highest BCUT2D eigenvalue weighted by atomic mass is 35.5. The quantitative estimate of drug-likeness (QED) is 0.890. The number of hydrogen-bond donors (Lipinski definition) is 2. The van der Waals surface area contributed by atoms with Crippen LogP contribution in [0.5, 0.6) is 0 Å². The van der Waals surface area contributed by atoms with Crippen molar-refractivity contribution in [1.29, 1.82) is 0 Å². The Morgan fingerprint density at radius 2 is 2.05 bits per heavy atom. The Kier molecular flexibility index (Phi) is 3.54. The van der Waals surface area contributed by atoms with Gasteiger partial charge in [0, 0.05) is 41.9 Å². The van der Waals surface area contributed by atoms with E-state index in [0.29, 0.717) is 24.4 Å². The molecule has 5 heteroatoms. The fraction of sp³-hybridized carbons (Fsp3) is 0.400. The van der Waals surface area contributed by atoms with Crippen LogP contribution in [0.15, 0.2) is 30.5 Å². The van der Waals surface area contributed by atoms with Crippen molar-refractivity contribution in [2.45, 2.75) is 18.4 Å². The first-order chi connectivity index (χ1) is 9.61. The average Bonchev–Trinajstić information content (AvgIpc) is 2.48. The van der Waals surface area contributed by atoms with Gasteiger partial charge in [-0.05, 0) is 37.1 Å². The van der Waals surface area contributed by atoms with Crippen molar-refractivity contribution in [3.63, 3.8) is 0 Å². The number of rotatable bonds is 2. The summed E-state index contributed by atoms with van der Waals surface area (Å²) in [6.45, 7) is 1.91. The SMILES string of the molecule is NCC1(O)CCN(c2ccnc3ccc(Cl)cc23)CC1. The lowest BCUT2D eigenvalue weighted by molar-refractivity contribution is 0.0250. The second-order valence-corrected chi connectivity index (χ2v) is 5.84. The number of aliphatic hydroxyl groups is 1. The van der Waals surface area contributed by atoms with Gasteiger partial charge in [-0.3, -0.25) is 4.98 Å². The van der Waals surface area contributed by atoms with Crippen molar-refractivity contribution in [3.05, 3.63) is 35.5 Å². The number of benzene rings is 1. The van der Waals surface area contributed by atoms with E-state index in [1.807, 2.05) is 30.5 Å². The normalized spacial score (nSPS) is 18.4. The Labute approximate surface area is 123 Å². The second-order valence-electron chi connectivity index (χ2n) is 5.41. The van der Waals surface area contributed by atoms with Crippen LogP contribution in [0.1, 0.15) is 12.8 Å². The minimum Gasteiger partial charge on any atom is -0.388 e. The second kappa shape index (κ2) is 5.20. The summed E-state index contributed by atoms with van der Waals surface area (Å²) >= 11 is 6.09. The van der Waals surface area contributed by atoms with Crippen molar-refractivity contribution >= 4 is 28.2 Å². The van der Waals surface area contributed by atoms with Crippen LogP contribution in [0.4, 0.5) is 5.69 Å². The molecular weight excluding hydrogens is 274 g/mol. The molecule has 0 bridgehead atoms. The van der Waals surface area contributed by atoms with Crippen molar-refractivity contribution < 1.29 is 5.11 Å². The monoisotopic (exact) mass is 291 g/mol. The summed E-state index contributed by atoms with van der Waals surface area (Å²) in [6, 6.07) is 7.74. The lowest BCUT2D eigenvalue weighted by Crippen LogP contribution is -2.48. The van der Waals surface area contributed by atoms with Gasteiger partial charge < -0.3 is 15.7 Å². The van der Waals surface area contributed by atoms with Crippen LogP contribution in [0.25, 0.3) is 10.9 Å². The maximum atomic E-state index is 10.2. The molecule has 2 heterocycles. The van der Waals surface area contributed by atoms with Crippen LogP contribution in [0.3, 0.4) is 0 Å². The van der Waals surface area contributed by atoms with Crippen molar-refractivity contribution in [3.8, 4) is 0 Å². The molecular formula is C15H18ClN3O. The molecule has 1 aliphatic heterocycles. The number of nitrogens with two attached hydrogens (primary N) is 1. The number of pyridine rings is 1. The third-order valence-electron chi connectivity index (χ3n) is 4.10. The standard InChI is InChI=1S/C15H18ClN3O/c16-11-1-2-13-12(9-11)14(3-6-18-13)19-7-4-15(20,10-17)5-8-19/h1-3,6,9,20H,4-5,7-8,10,17H2. The van der Waals surface area contributed by atoms with Gasteiger partial charge in [0.1, 0.15) is 0 Å². The first kappa shape index (κ1) is 13.6. The number of aromatic nitrogens is 1. The highest BCUT2D eigenvalue weighted by Gasteiger charge is 2.31. The van der Waals surface area contributed by atoms with Gasteiger partial charge in [-0.15, -0.1) is 0 Å². The molecule has 1 aromatic carbocycles. The van der Waals surface area contributed by atoms with Crippen LogP contribution in [0.2, 0.25) is 5.02 Å². The largest absolute Gasteiger partial charge is 0.388 e. The first-order valence-electron chi connectivity index (χ1n) is 6.83. The number of fused-ring (bicyclic) bond motifs is 1. The van der Waals surface area contributed by atoms with E-state index >= 15 is 0 Å². The van der Waals surface area contributed by atoms with Gasteiger partial charge in [0.05, 0.1) is 11.1 Å². The van der Waals surface area contributed by atoms with Crippen LogP contribution in [0, 0.1) is 0 Å². The number of hydrogen-bond acceptors (Lipinski definition) is 4. The third-order valence-corrected chi connectivity index (χ3v) is 4.33. The summed E-state index contributed by atoms with van der Waals surface area (Å²) < 4.78 is 0. The van der Waals surface area contributed by atoms with Gasteiger partial charge in [0.15, 0.2) is 0 Å². The summed E-state index contributed by atoms with van der Waals surface area (Å²) in [4.78, 5) is 6.64. The van der Waals surface area contributed by atoms with E-state index in [2.05, 4.69) is 9.88 Å². The van der Waals surface area contributed by atoms with E-state index in [-0.39, 0.29) is 0 Å². The number of nitrogens with zero attached hydrogens (tertiary/aromatic N) is 2. The van der Waals surface area contributed by atoms with E-state index in [4.69, 9.17) is 17.3 Å². The van der Waals surface area contributed by atoms with E-state index in [1.165, 1.54) is 0 Å². The lowest BCUT2D eigenvalue weighted by Gasteiger charge is -2.39. The highest BCUT2D eigenvalue weighted by Crippen LogP contribution is 2.31. The van der Waals surface area contributed by atoms with Gasteiger partial charge in [0.25, 0.3) is 0 Å². The van der Waals surface area contributed by atoms with Gasteiger partial charge in [-0.25, -0.2) is 0 Å². The molecule has 2 aromatic rings. The minimum absolute atomic E-state index is 0.323.